The fraction of sp³-hybridized carbons (Fsp3) is 0.300. The number of methoxy groups -OCH3 is 2. The molecule has 1 unspecified atom stereocenters. The van der Waals surface area contributed by atoms with Crippen LogP contribution in [-0.2, 0) is 16.1 Å². The molecule has 1 saturated heterocycles. The maximum atomic E-state index is 12.5. The van der Waals surface area contributed by atoms with Crippen LogP contribution in [0.15, 0.2) is 48.5 Å². The van der Waals surface area contributed by atoms with E-state index in [2.05, 4.69) is 5.32 Å². The van der Waals surface area contributed by atoms with Gasteiger partial charge in [-0.25, -0.2) is 0 Å². The summed E-state index contributed by atoms with van der Waals surface area (Å²) in [5.41, 5.74) is 1.64. The molecule has 1 aliphatic rings. The van der Waals surface area contributed by atoms with Gasteiger partial charge in [-0.05, 0) is 29.8 Å². The molecule has 3 rings (SSSR count). The predicted octanol–water partition coefficient (Wildman–Crippen LogP) is 2.69. The van der Waals surface area contributed by atoms with Crippen LogP contribution in [0.25, 0.3) is 0 Å². The van der Waals surface area contributed by atoms with Crippen molar-refractivity contribution in [2.75, 3.05) is 26.1 Å². The normalized spacial score (nSPS) is 16.5. The number of benzene rings is 2. The van der Waals surface area contributed by atoms with Gasteiger partial charge in [0.2, 0.25) is 11.8 Å². The van der Waals surface area contributed by atoms with Crippen LogP contribution in [0.3, 0.4) is 0 Å². The van der Waals surface area contributed by atoms with E-state index in [-0.39, 0.29) is 24.2 Å². The van der Waals surface area contributed by atoms with Gasteiger partial charge in [0.15, 0.2) is 0 Å². The molecule has 0 bridgehead atoms. The predicted molar refractivity (Wildman–Crippen MR) is 98.1 cm³/mol. The lowest BCUT2D eigenvalue weighted by Gasteiger charge is -2.17. The number of rotatable bonds is 6. The van der Waals surface area contributed by atoms with E-state index < -0.39 is 0 Å². The summed E-state index contributed by atoms with van der Waals surface area (Å²) < 4.78 is 10.4. The molecule has 26 heavy (non-hydrogen) atoms. The molecule has 0 aromatic heterocycles. The monoisotopic (exact) mass is 354 g/mol. The SMILES string of the molecule is COc1cccc(CN2CC(C(=O)Nc3cccc(OC)c3)CC2=O)c1. The molecule has 0 aliphatic carbocycles. The van der Waals surface area contributed by atoms with E-state index in [1.54, 1.807) is 31.3 Å². The number of amides is 2. The molecule has 1 heterocycles. The van der Waals surface area contributed by atoms with Gasteiger partial charge in [0, 0.05) is 31.3 Å². The Labute approximate surface area is 152 Å². The Bertz CT molecular complexity index is 806. The van der Waals surface area contributed by atoms with Crippen molar-refractivity contribution < 1.29 is 19.1 Å². The fourth-order valence-electron chi connectivity index (χ4n) is 3.04. The number of nitrogens with zero attached hydrogens (tertiary/aromatic N) is 1. The number of carbonyl (C=O) groups is 2. The van der Waals surface area contributed by atoms with Gasteiger partial charge in [-0.15, -0.1) is 0 Å². The fourth-order valence-corrected chi connectivity index (χ4v) is 3.04. The van der Waals surface area contributed by atoms with Crippen molar-refractivity contribution in [3.05, 3.63) is 54.1 Å². The third-order valence-electron chi connectivity index (χ3n) is 4.43. The van der Waals surface area contributed by atoms with E-state index in [0.717, 1.165) is 11.3 Å². The summed E-state index contributed by atoms with van der Waals surface area (Å²) >= 11 is 0. The Morgan fingerprint density at radius 1 is 1.12 bits per heavy atom. The summed E-state index contributed by atoms with van der Waals surface area (Å²) in [6.45, 7) is 0.880. The van der Waals surface area contributed by atoms with E-state index in [4.69, 9.17) is 9.47 Å². The highest BCUT2D eigenvalue weighted by atomic mass is 16.5. The Hall–Kier alpha value is -3.02. The first-order valence-electron chi connectivity index (χ1n) is 8.44. The Balaban J connectivity index is 1.62. The molecule has 2 aromatic carbocycles. The minimum Gasteiger partial charge on any atom is -0.497 e. The lowest BCUT2D eigenvalue weighted by atomic mass is 10.1. The second-order valence-corrected chi connectivity index (χ2v) is 6.25. The molecular formula is C20H22N2O4. The summed E-state index contributed by atoms with van der Waals surface area (Å²) in [5, 5.41) is 2.86. The number of nitrogens with one attached hydrogen (secondary N) is 1. The van der Waals surface area contributed by atoms with Crippen molar-refractivity contribution in [1.82, 2.24) is 4.90 Å². The van der Waals surface area contributed by atoms with Crippen LogP contribution in [0.2, 0.25) is 0 Å². The average Bonchev–Trinajstić information content (AvgIpc) is 3.02. The van der Waals surface area contributed by atoms with Gasteiger partial charge in [-0.2, -0.15) is 0 Å². The van der Waals surface area contributed by atoms with Crippen LogP contribution in [0.1, 0.15) is 12.0 Å². The average molecular weight is 354 g/mol. The minimum absolute atomic E-state index is 0.0152. The number of hydrogen-bond acceptors (Lipinski definition) is 4. The van der Waals surface area contributed by atoms with Crippen molar-refractivity contribution in [3.63, 3.8) is 0 Å². The summed E-state index contributed by atoms with van der Waals surface area (Å²) in [5.74, 6) is 0.893. The summed E-state index contributed by atoms with van der Waals surface area (Å²) in [6.07, 6.45) is 0.222. The first kappa shape index (κ1) is 17.8. The van der Waals surface area contributed by atoms with Gasteiger partial charge >= 0.3 is 0 Å². The van der Waals surface area contributed by atoms with E-state index >= 15 is 0 Å². The molecule has 136 valence electrons. The van der Waals surface area contributed by atoms with Gasteiger partial charge in [-0.3, -0.25) is 9.59 Å². The Morgan fingerprint density at radius 2 is 1.81 bits per heavy atom. The maximum absolute atomic E-state index is 12.5. The molecule has 6 nitrogen and oxygen atoms in total. The van der Waals surface area contributed by atoms with E-state index in [1.165, 1.54) is 0 Å². The van der Waals surface area contributed by atoms with Gasteiger partial charge in [0.05, 0.1) is 20.1 Å². The van der Waals surface area contributed by atoms with Gasteiger partial charge in [-0.1, -0.05) is 18.2 Å². The Kier molecular flexibility index (Phi) is 5.41. The number of anilines is 1. The Morgan fingerprint density at radius 3 is 2.54 bits per heavy atom. The smallest absolute Gasteiger partial charge is 0.229 e. The number of likely N-dealkylation sites (tertiary alicyclic amines) is 1. The molecule has 0 radical (unpaired) electrons. The van der Waals surface area contributed by atoms with Crippen molar-refractivity contribution in [2.24, 2.45) is 5.92 Å². The summed E-state index contributed by atoms with van der Waals surface area (Å²) in [7, 11) is 3.19. The standard InChI is InChI=1S/C20H22N2O4/c1-25-17-7-3-5-14(9-17)12-22-13-15(10-19(22)23)20(24)21-16-6-4-8-18(11-16)26-2/h3-9,11,15H,10,12-13H2,1-2H3,(H,21,24). The third kappa shape index (κ3) is 4.14. The number of carbonyl (C=O) groups excluding carboxylic acids is 2. The molecule has 2 aromatic rings. The van der Waals surface area contributed by atoms with E-state index in [9.17, 15) is 9.59 Å². The molecular weight excluding hydrogens is 332 g/mol. The zero-order valence-corrected chi connectivity index (χ0v) is 14.9. The minimum atomic E-state index is -0.362. The quantitative estimate of drug-likeness (QED) is 0.866. The summed E-state index contributed by atoms with van der Waals surface area (Å²) in [4.78, 5) is 26.5. The van der Waals surface area contributed by atoms with Crippen molar-refractivity contribution in [1.29, 1.82) is 0 Å². The first-order valence-corrected chi connectivity index (χ1v) is 8.44. The molecule has 1 fully saturated rings. The molecule has 1 N–H and O–H groups in total. The highest BCUT2D eigenvalue weighted by molar-refractivity contribution is 5.97. The topological polar surface area (TPSA) is 67.9 Å². The first-order chi connectivity index (χ1) is 12.6. The number of ether oxygens (including phenoxy) is 2. The van der Waals surface area contributed by atoms with Crippen molar-refractivity contribution in [2.45, 2.75) is 13.0 Å². The highest BCUT2D eigenvalue weighted by Gasteiger charge is 2.34. The third-order valence-corrected chi connectivity index (χ3v) is 4.43. The summed E-state index contributed by atoms with van der Waals surface area (Å²) in [6, 6.07) is 14.8. The molecule has 2 amide bonds. The molecule has 1 atom stereocenters. The molecule has 0 spiro atoms. The van der Waals surface area contributed by atoms with Crippen molar-refractivity contribution in [3.8, 4) is 11.5 Å². The highest BCUT2D eigenvalue weighted by Crippen LogP contribution is 2.24. The van der Waals surface area contributed by atoms with Crippen LogP contribution >= 0.6 is 0 Å². The van der Waals surface area contributed by atoms with Gasteiger partial charge in [0.1, 0.15) is 11.5 Å². The maximum Gasteiger partial charge on any atom is 0.229 e. The molecule has 0 saturated carbocycles. The van der Waals surface area contributed by atoms with Gasteiger partial charge < -0.3 is 19.7 Å². The van der Waals surface area contributed by atoms with Crippen molar-refractivity contribution >= 4 is 17.5 Å². The van der Waals surface area contributed by atoms with Crippen LogP contribution in [0.4, 0.5) is 5.69 Å². The molecule has 1 aliphatic heterocycles. The van der Waals surface area contributed by atoms with E-state index in [0.29, 0.717) is 24.5 Å². The number of hydrogen-bond donors (Lipinski definition) is 1. The van der Waals surface area contributed by atoms with Crippen LogP contribution in [0.5, 0.6) is 11.5 Å². The van der Waals surface area contributed by atoms with Crippen LogP contribution < -0.4 is 14.8 Å². The zero-order chi connectivity index (χ0) is 18.5. The lowest BCUT2D eigenvalue weighted by molar-refractivity contribution is -0.128. The largest absolute Gasteiger partial charge is 0.497 e. The second-order valence-electron chi connectivity index (χ2n) is 6.25. The van der Waals surface area contributed by atoms with Gasteiger partial charge in [0.25, 0.3) is 0 Å². The van der Waals surface area contributed by atoms with E-state index in [1.807, 2.05) is 36.4 Å². The lowest BCUT2D eigenvalue weighted by Crippen LogP contribution is -2.28. The molecule has 6 heteroatoms. The van der Waals surface area contributed by atoms with Crippen LogP contribution in [0, 0.1) is 5.92 Å². The van der Waals surface area contributed by atoms with Crippen LogP contribution in [-0.4, -0.2) is 37.5 Å². The second kappa shape index (κ2) is 7.91. The zero-order valence-electron chi connectivity index (χ0n) is 14.9.